The zero-order chi connectivity index (χ0) is 12.5. The van der Waals surface area contributed by atoms with Gasteiger partial charge in [-0.1, -0.05) is 12.1 Å². The highest BCUT2D eigenvalue weighted by atomic mass is 15.2. The highest BCUT2D eigenvalue weighted by Crippen LogP contribution is 2.26. The molecule has 0 amide bonds. The summed E-state index contributed by atoms with van der Waals surface area (Å²) < 4.78 is 0. The number of para-hydroxylation sites is 2. The number of hydrogen-bond acceptors (Lipinski definition) is 5. The Balaban J connectivity index is 2.09. The van der Waals surface area contributed by atoms with Crippen LogP contribution in [0.3, 0.4) is 0 Å². The Hall–Kier alpha value is -1.88. The third-order valence-electron chi connectivity index (χ3n) is 3.31. The van der Waals surface area contributed by atoms with Crippen molar-refractivity contribution < 1.29 is 0 Å². The summed E-state index contributed by atoms with van der Waals surface area (Å²) in [6.45, 7) is 1.80. The van der Waals surface area contributed by atoms with E-state index in [-0.39, 0.29) is 6.04 Å². The lowest BCUT2D eigenvalue weighted by Crippen LogP contribution is -2.27. The standard InChI is InChI=1S/C13H17N5/c1-15-12-13(18-7-6-9(14)8-18)17-11-5-3-2-4-10(11)16-12/h2-5,9H,6-8,14H2,1H3,(H,15,16)/t9-/m1/s1. The fourth-order valence-electron chi connectivity index (χ4n) is 2.36. The molecule has 1 aliphatic rings. The van der Waals surface area contributed by atoms with Gasteiger partial charge in [-0.2, -0.15) is 0 Å². The van der Waals surface area contributed by atoms with E-state index < -0.39 is 0 Å². The predicted octanol–water partition coefficient (Wildman–Crippen LogP) is 1.21. The molecular weight excluding hydrogens is 226 g/mol. The van der Waals surface area contributed by atoms with Crippen LogP contribution < -0.4 is 16.0 Å². The second kappa shape index (κ2) is 4.42. The number of fused-ring (bicyclic) bond motifs is 1. The molecule has 18 heavy (non-hydrogen) atoms. The van der Waals surface area contributed by atoms with Crippen LogP contribution in [0.5, 0.6) is 0 Å². The first-order chi connectivity index (χ1) is 8.78. The van der Waals surface area contributed by atoms with Gasteiger partial charge in [0.15, 0.2) is 11.6 Å². The summed E-state index contributed by atoms with van der Waals surface area (Å²) in [7, 11) is 1.87. The summed E-state index contributed by atoms with van der Waals surface area (Å²) in [5.41, 5.74) is 7.79. The Bertz CT molecular complexity index is 568. The fourth-order valence-corrected chi connectivity index (χ4v) is 2.36. The average Bonchev–Trinajstić information content (AvgIpc) is 2.83. The molecule has 1 aromatic heterocycles. The molecule has 2 aromatic rings. The van der Waals surface area contributed by atoms with Crippen LogP contribution in [0.2, 0.25) is 0 Å². The van der Waals surface area contributed by atoms with E-state index in [9.17, 15) is 0 Å². The topological polar surface area (TPSA) is 67.1 Å². The van der Waals surface area contributed by atoms with Crippen LogP contribution in [-0.4, -0.2) is 36.1 Å². The molecule has 0 spiro atoms. The minimum atomic E-state index is 0.239. The summed E-state index contributed by atoms with van der Waals surface area (Å²) in [5, 5.41) is 3.12. The summed E-state index contributed by atoms with van der Waals surface area (Å²) in [6, 6.07) is 8.16. The van der Waals surface area contributed by atoms with Gasteiger partial charge in [0.2, 0.25) is 0 Å². The minimum absolute atomic E-state index is 0.239. The largest absolute Gasteiger partial charge is 0.370 e. The van der Waals surface area contributed by atoms with Crippen molar-refractivity contribution in [1.82, 2.24) is 9.97 Å². The first-order valence-corrected chi connectivity index (χ1v) is 6.23. The molecule has 1 atom stereocenters. The second-order valence-corrected chi connectivity index (χ2v) is 4.63. The molecule has 0 radical (unpaired) electrons. The van der Waals surface area contributed by atoms with E-state index in [1.54, 1.807) is 0 Å². The number of benzene rings is 1. The van der Waals surface area contributed by atoms with E-state index in [4.69, 9.17) is 10.7 Å². The van der Waals surface area contributed by atoms with Crippen molar-refractivity contribution in [3.63, 3.8) is 0 Å². The smallest absolute Gasteiger partial charge is 0.172 e. The Kier molecular flexibility index (Phi) is 2.76. The van der Waals surface area contributed by atoms with Crippen molar-refractivity contribution in [3.05, 3.63) is 24.3 Å². The van der Waals surface area contributed by atoms with Gasteiger partial charge >= 0.3 is 0 Å². The van der Waals surface area contributed by atoms with Gasteiger partial charge in [0, 0.05) is 26.2 Å². The highest BCUT2D eigenvalue weighted by Gasteiger charge is 2.23. The van der Waals surface area contributed by atoms with Crippen LogP contribution in [0.1, 0.15) is 6.42 Å². The molecule has 5 nitrogen and oxygen atoms in total. The van der Waals surface area contributed by atoms with E-state index in [0.717, 1.165) is 42.2 Å². The average molecular weight is 243 g/mol. The molecule has 3 rings (SSSR count). The van der Waals surface area contributed by atoms with Gasteiger partial charge in [-0.15, -0.1) is 0 Å². The molecule has 94 valence electrons. The molecule has 1 saturated heterocycles. The lowest BCUT2D eigenvalue weighted by Gasteiger charge is -2.19. The van der Waals surface area contributed by atoms with Crippen molar-refractivity contribution in [2.24, 2.45) is 5.73 Å². The van der Waals surface area contributed by atoms with Crippen molar-refractivity contribution in [1.29, 1.82) is 0 Å². The van der Waals surface area contributed by atoms with E-state index in [1.165, 1.54) is 0 Å². The maximum absolute atomic E-state index is 5.96. The third-order valence-corrected chi connectivity index (χ3v) is 3.31. The van der Waals surface area contributed by atoms with Crippen molar-refractivity contribution in [2.45, 2.75) is 12.5 Å². The van der Waals surface area contributed by atoms with Crippen LogP contribution in [-0.2, 0) is 0 Å². The number of hydrogen-bond donors (Lipinski definition) is 2. The maximum atomic E-state index is 5.96. The van der Waals surface area contributed by atoms with Crippen LogP contribution in [0, 0.1) is 0 Å². The first kappa shape index (κ1) is 11.2. The van der Waals surface area contributed by atoms with E-state index >= 15 is 0 Å². The van der Waals surface area contributed by atoms with Crippen LogP contribution >= 0.6 is 0 Å². The molecular formula is C13H17N5. The molecule has 0 bridgehead atoms. The van der Waals surface area contributed by atoms with Gasteiger partial charge in [-0.05, 0) is 18.6 Å². The van der Waals surface area contributed by atoms with Gasteiger partial charge in [0.1, 0.15) is 0 Å². The second-order valence-electron chi connectivity index (χ2n) is 4.63. The number of nitrogens with one attached hydrogen (secondary N) is 1. The molecule has 0 aliphatic carbocycles. The normalized spacial score (nSPS) is 19.4. The van der Waals surface area contributed by atoms with Gasteiger partial charge < -0.3 is 16.0 Å². The number of aromatic nitrogens is 2. The van der Waals surface area contributed by atoms with Gasteiger partial charge in [-0.25, -0.2) is 9.97 Å². The zero-order valence-corrected chi connectivity index (χ0v) is 10.4. The number of anilines is 2. The number of rotatable bonds is 2. The van der Waals surface area contributed by atoms with E-state index in [0.29, 0.717) is 0 Å². The monoisotopic (exact) mass is 243 g/mol. The zero-order valence-electron chi connectivity index (χ0n) is 10.4. The van der Waals surface area contributed by atoms with E-state index in [2.05, 4.69) is 15.2 Å². The summed E-state index contributed by atoms with van der Waals surface area (Å²) in [4.78, 5) is 11.5. The Morgan fingerprint density at radius 1 is 1.28 bits per heavy atom. The summed E-state index contributed by atoms with van der Waals surface area (Å²) in [6.07, 6.45) is 1.01. The van der Waals surface area contributed by atoms with Crippen LogP contribution in [0.25, 0.3) is 11.0 Å². The molecule has 1 aromatic carbocycles. The lowest BCUT2D eigenvalue weighted by atomic mass is 10.3. The molecule has 1 aliphatic heterocycles. The van der Waals surface area contributed by atoms with Crippen molar-refractivity contribution in [2.75, 3.05) is 30.4 Å². The van der Waals surface area contributed by atoms with Crippen LogP contribution in [0.4, 0.5) is 11.6 Å². The molecule has 0 unspecified atom stereocenters. The minimum Gasteiger partial charge on any atom is -0.370 e. The predicted molar refractivity (Wildman–Crippen MR) is 73.9 cm³/mol. The number of nitrogens with zero attached hydrogens (tertiary/aromatic N) is 3. The molecule has 1 fully saturated rings. The quantitative estimate of drug-likeness (QED) is 0.830. The van der Waals surface area contributed by atoms with Gasteiger partial charge in [0.05, 0.1) is 11.0 Å². The van der Waals surface area contributed by atoms with E-state index in [1.807, 2.05) is 31.3 Å². The van der Waals surface area contributed by atoms with Gasteiger partial charge in [-0.3, -0.25) is 0 Å². The van der Waals surface area contributed by atoms with Crippen LogP contribution in [0.15, 0.2) is 24.3 Å². The third kappa shape index (κ3) is 1.86. The molecule has 0 saturated carbocycles. The Morgan fingerprint density at radius 3 is 2.61 bits per heavy atom. The van der Waals surface area contributed by atoms with Crippen molar-refractivity contribution in [3.8, 4) is 0 Å². The first-order valence-electron chi connectivity index (χ1n) is 6.23. The lowest BCUT2D eigenvalue weighted by molar-refractivity contribution is 0.751. The SMILES string of the molecule is CNc1nc2ccccc2nc1N1CC[C@@H](N)C1. The Morgan fingerprint density at radius 2 is 2.00 bits per heavy atom. The summed E-state index contributed by atoms with van der Waals surface area (Å²) in [5.74, 6) is 1.73. The molecule has 5 heteroatoms. The fraction of sp³-hybridized carbons (Fsp3) is 0.385. The number of nitrogens with two attached hydrogens (primary N) is 1. The Labute approximate surface area is 106 Å². The highest BCUT2D eigenvalue weighted by molar-refractivity contribution is 5.80. The summed E-state index contributed by atoms with van der Waals surface area (Å²) >= 11 is 0. The maximum Gasteiger partial charge on any atom is 0.172 e. The molecule has 3 N–H and O–H groups in total. The van der Waals surface area contributed by atoms with Gasteiger partial charge in [0.25, 0.3) is 0 Å². The van der Waals surface area contributed by atoms with Crippen molar-refractivity contribution >= 4 is 22.7 Å². The molecule has 2 heterocycles.